The normalized spacial score (nSPS) is 28.4. The standard InChI is InChI=1S/C30H29NO9/c1-31-14-13-29-24-18-7-8-19(16-32)25(24)40-27(29)20(11-12-30(29,37)21(31)15-18)38-22(33)9-10-23(34)39-26(28(35)36)17-5-3-2-4-6-17/h2-8,11,16,21,26-27,37H,9-10,12-15H2,1H3,(H,35,36)/t21-,26+,27+,29+,30-/m1/s1. The lowest BCUT2D eigenvalue weighted by Crippen LogP contribution is -2.74. The number of aliphatic hydroxyl groups is 1. The van der Waals surface area contributed by atoms with Crippen molar-refractivity contribution in [2.24, 2.45) is 0 Å². The number of piperidine rings is 1. The number of likely N-dealkylation sites (tertiary alicyclic amines) is 1. The number of aldehydes is 1. The molecule has 0 unspecified atom stereocenters. The number of rotatable bonds is 8. The minimum Gasteiger partial charge on any atom is -0.480 e. The van der Waals surface area contributed by atoms with Crippen LogP contribution >= 0.6 is 0 Å². The van der Waals surface area contributed by atoms with Crippen LogP contribution in [0.15, 0.2) is 54.3 Å². The van der Waals surface area contributed by atoms with Crippen LogP contribution in [0.2, 0.25) is 0 Å². The Bertz CT molecular complexity index is 1440. The largest absolute Gasteiger partial charge is 0.480 e. The van der Waals surface area contributed by atoms with Crippen LogP contribution < -0.4 is 4.74 Å². The fourth-order valence-corrected chi connectivity index (χ4v) is 7.03. The Labute approximate surface area is 230 Å². The lowest BCUT2D eigenvalue weighted by molar-refractivity contribution is -0.170. The molecule has 2 aliphatic heterocycles. The lowest BCUT2D eigenvalue weighted by atomic mass is 9.50. The van der Waals surface area contributed by atoms with Crippen LogP contribution in [0.4, 0.5) is 0 Å². The van der Waals surface area contributed by atoms with Crippen molar-refractivity contribution < 1.29 is 43.6 Å². The Morgan fingerprint density at radius 2 is 1.90 bits per heavy atom. The number of carbonyl (C=O) groups is 4. The molecule has 2 heterocycles. The average molecular weight is 548 g/mol. The Kier molecular flexibility index (Phi) is 6.27. The second-order valence-corrected chi connectivity index (χ2v) is 10.9. The van der Waals surface area contributed by atoms with Crippen molar-refractivity contribution >= 4 is 24.2 Å². The summed E-state index contributed by atoms with van der Waals surface area (Å²) in [5, 5.41) is 21.7. The second kappa shape index (κ2) is 9.57. The smallest absolute Gasteiger partial charge is 0.349 e. The van der Waals surface area contributed by atoms with Gasteiger partial charge in [0.2, 0.25) is 6.10 Å². The van der Waals surface area contributed by atoms with Gasteiger partial charge in [-0.3, -0.25) is 14.4 Å². The molecule has 0 saturated carbocycles. The predicted octanol–water partition coefficient (Wildman–Crippen LogP) is 2.47. The van der Waals surface area contributed by atoms with E-state index in [9.17, 15) is 29.4 Å². The van der Waals surface area contributed by atoms with E-state index in [4.69, 9.17) is 14.2 Å². The second-order valence-electron chi connectivity index (χ2n) is 10.9. The van der Waals surface area contributed by atoms with Gasteiger partial charge < -0.3 is 29.3 Å². The molecule has 0 radical (unpaired) electrons. The summed E-state index contributed by atoms with van der Waals surface area (Å²) in [7, 11) is 1.98. The molecule has 0 aromatic heterocycles. The number of ether oxygens (including phenoxy) is 3. The van der Waals surface area contributed by atoms with E-state index in [2.05, 4.69) is 4.90 Å². The van der Waals surface area contributed by atoms with E-state index >= 15 is 0 Å². The van der Waals surface area contributed by atoms with E-state index in [-0.39, 0.29) is 31.1 Å². The van der Waals surface area contributed by atoms with E-state index in [1.807, 2.05) is 13.1 Å². The maximum absolute atomic E-state index is 12.9. The summed E-state index contributed by atoms with van der Waals surface area (Å²) in [5.74, 6) is -2.23. The van der Waals surface area contributed by atoms with E-state index < -0.39 is 41.1 Å². The molecule has 2 aliphatic carbocycles. The maximum atomic E-state index is 12.9. The van der Waals surface area contributed by atoms with Gasteiger partial charge in [-0.05, 0) is 44.1 Å². The van der Waals surface area contributed by atoms with Gasteiger partial charge in [-0.25, -0.2) is 4.79 Å². The number of hydrogen-bond donors (Lipinski definition) is 2. The molecule has 2 bridgehead atoms. The van der Waals surface area contributed by atoms with E-state index in [1.165, 1.54) is 12.1 Å². The van der Waals surface area contributed by atoms with Gasteiger partial charge in [0.15, 0.2) is 12.4 Å². The third kappa shape index (κ3) is 3.77. The molecular weight excluding hydrogens is 518 g/mol. The highest BCUT2D eigenvalue weighted by Gasteiger charge is 2.71. The van der Waals surface area contributed by atoms with Gasteiger partial charge in [0.05, 0.1) is 29.4 Å². The molecule has 5 atom stereocenters. The number of benzene rings is 2. The minimum absolute atomic E-state index is 0.178. The Morgan fingerprint density at radius 1 is 1.15 bits per heavy atom. The topological polar surface area (TPSA) is 140 Å². The van der Waals surface area contributed by atoms with Gasteiger partial charge in [-0.15, -0.1) is 0 Å². The SMILES string of the molecule is CN1CC[C@]23c4c5ccc(C=O)c4O[C@H]2C(OC(=O)CCC(=O)O[C@H](C(=O)O)c2ccccc2)=CC[C@@]3(O)[C@H]1C5. The summed E-state index contributed by atoms with van der Waals surface area (Å²) in [5.41, 5.74) is 0.432. The molecule has 2 aromatic rings. The highest BCUT2D eigenvalue weighted by Crippen LogP contribution is 2.64. The third-order valence-corrected chi connectivity index (χ3v) is 8.87. The first-order valence-corrected chi connectivity index (χ1v) is 13.3. The number of carbonyl (C=O) groups excluding carboxylic acids is 3. The number of carboxylic acid groups (broad SMARTS) is 1. The van der Waals surface area contributed by atoms with E-state index in [0.29, 0.717) is 36.3 Å². The molecule has 4 aliphatic rings. The van der Waals surface area contributed by atoms with Crippen molar-refractivity contribution in [1.29, 1.82) is 0 Å². The van der Waals surface area contributed by atoms with Crippen LogP contribution in [-0.2, 0) is 35.7 Å². The average Bonchev–Trinajstić information content (AvgIpc) is 3.30. The zero-order chi connectivity index (χ0) is 28.2. The quantitative estimate of drug-likeness (QED) is 0.374. The minimum atomic E-state index is -1.49. The van der Waals surface area contributed by atoms with Crippen molar-refractivity contribution in [3.63, 3.8) is 0 Å². The number of hydrogen-bond acceptors (Lipinski definition) is 9. The fraction of sp³-hybridized carbons (Fsp3) is 0.400. The summed E-state index contributed by atoms with van der Waals surface area (Å²) in [6.07, 6.45) is 0.747. The first-order valence-electron chi connectivity index (χ1n) is 13.3. The molecule has 10 heteroatoms. The Balaban J connectivity index is 1.20. The highest BCUT2D eigenvalue weighted by molar-refractivity contribution is 5.84. The number of esters is 2. The molecule has 208 valence electrons. The van der Waals surface area contributed by atoms with Crippen LogP contribution in [0.1, 0.15) is 58.8 Å². The highest BCUT2D eigenvalue weighted by atomic mass is 16.6. The maximum Gasteiger partial charge on any atom is 0.349 e. The number of nitrogens with zero attached hydrogens (tertiary/aromatic N) is 1. The first kappa shape index (κ1) is 26.2. The predicted molar refractivity (Wildman–Crippen MR) is 139 cm³/mol. The summed E-state index contributed by atoms with van der Waals surface area (Å²) >= 11 is 0. The Hall–Kier alpha value is -4.02. The van der Waals surface area contributed by atoms with E-state index in [1.54, 1.807) is 30.3 Å². The molecular formula is C30H29NO9. The van der Waals surface area contributed by atoms with Gasteiger partial charge in [-0.2, -0.15) is 0 Å². The fourth-order valence-electron chi connectivity index (χ4n) is 7.03. The summed E-state index contributed by atoms with van der Waals surface area (Å²) in [6.45, 7) is 0.691. The molecule has 1 saturated heterocycles. The van der Waals surface area contributed by atoms with Crippen LogP contribution in [0.3, 0.4) is 0 Å². The zero-order valence-corrected chi connectivity index (χ0v) is 21.9. The van der Waals surface area contributed by atoms with Crippen molar-refractivity contribution in [2.45, 2.75) is 61.4 Å². The van der Waals surface area contributed by atoms with E-state index in [0.717, 1.165) is 17.4 Å². The van der Waals surface area contributed by atoms with Crippen molar-refractivity contribution in [1.82, 2.24) is 4.90 Å². The zero-order valence-electron chi connectivity index (χ0n) is 21.9. The Morgan fingerprint density at radius 3 is 2.62 bits per heavy atom. The van der Waals surface area contributed by atoms with Crippen LogP contribution in [0.5, 0.6) is 5.75 Å². The summed E-state index contributed by atoms with van der Waals surface area (Å²) < 4.78 is 17.2. The first-order chi connectivity index (χ1) is 19.2. The molecule has 2 aromatic carbocycles. The van der Waals surface area contributed by atoms with Gasteiger partial charge in [0.1, 0.15) is 11.5 Å². The summed E-state index contributed by atoms with van der Waals surface area (Å²) in [6, 6.07) is 11.5. The van der Waals surface area contributed by atoms with Gasteiger partial charge in [0.25, 0.3) is 0 Å². The molecule has 6 rings (SSSR count). The number of likely N-dealkylation sites (N-methyl/N-ethyl adjacent to an activating group) is 1. The monoisotopic (exact) mass is 547 g/mol. The van der Waals surface area contributed by atoms with Crippen molar-refractivity contribution in [3.05, 3.63) is 76.6 Å². The molecule has 10 nitrogen and oxygen atoms in total. The number of aliphatic carboxylic acids is 1. The van der Waals surface area contributed by atoms with Gasteiger partial charge in [0, 0.05) is 23.6 Å². The lowest BCUT2D eigenvalue weighted by Gasteiger charge is -2.61. The van der Waals surface area contributed by atoms with Gasteiger partial charge >= 0.3 is 17.9 Å². The summed E-state index contributed by atoms with van der Waals surface area (Å²) in [4.78, 5) is 51.0. The number of carboxylic acids is 1. The van der Waals surface area contributed by atoms with Crippen LogP contribution in [-0.4, -0.2) is 70.6 Å². The van der Waals surface area contributed by atoms with Crippen molar-refractivity contribution in [3.8, 4) is 5.75 Å². The third-order valence-electron chi connectivity index (χ3n) is 8.87. The van der Waals surface area contributed by atoms with Crippen LogP contribution in [0.25, 0.3) is 0 Å². The molecule has 40 heavy (non-hydrogen) atoms. The molecule has 1 spiro atoms. The van der Waals surface area contributed by atoms with Crippen LogP contribution in [0, 0.1) is 0 Å². The van der Waals surface area contributed by atoms with Crippen molar-refractivity contribution in [2.75, 3.05) is 13.6 Å². The molecule has 2 N–H and O–H groups in total. The molecule has 1 fully saturated rings. The van der Waals surface area contributed by atoms with Gasteiger partial charge in [-0.1, -0.05) is 36.4 Å². The molecule has 0 amide bonds.